The van der Waals surface area contributed by atoms with Crippen molar-refractivity contribution in [3.63, 3.8) is 0 Å². The summed E-state index contributed by atoms with van der Waals surface area (Å²) in [6.45, 7) is 3.50. The van der Waals surface area contributed by atoms with Crippen LogP contribution in [0.2, 0.25) is 0 Å². The van der Waals surface area contributed by atoms with E-state index in [9.17, 15) is 22.4 Å². The molecule has 1 amide bonds. The molecular formula is C19H23FN2O6S. The molecule has 0 radical (unpaired) electrons. The van der Waals surface area contributed by atoms with Gasteiger partial charge in [-0.3, -0.25) is 4.79 Å². The highest BCUT2D eigenvalue weighted by molar-refractivity contribution is 7.91. The van der Waals surface area contributed by atoms with E-state index in [0.29, 0.717) is 24.2 Å². The molecule has 2 aliphatic rings. The van der Waals surface area contributed by atoms with Gasteiger partial charge in [0.25, 0.3) is 5.91 Å². The summed E-state index contributed by atoms with van der Waals surface area (Å²) in [5.74, 6) is -1.66. The highest BCUT2D eigenvalue weighted by Crippen LogP contribution is 2.21. The van der Waals surface area contributed by atoms with Gasteiger partial charge in [0.1, 0.15) is 5.82 Å². The smallest absolute Gasteiger partial charge is 0.351 e. The number of ether oxygens (including phenoxy) is 1. The highest BCUT2D eigenvalue weighted by atomic mass is 32.2. The molecule has 3 unspecified atom stereocenters. The average molecular weight is 426 g/mol. The first-order valence-corrected chi connectivity index (χ1v) is 11.2. The fraction of sp³-hybridized carbons (Fsp3) is 0.526. The van der Waals surface area contributed by atoms with E-state index >= 15 is 0 Å². The van der Waals surface area contributed by atoms with Crippen molar-refractivity contribution in [2.75, 3.05) is 18.1 Å². The molecule has 0 aromatic heterocycles. The number of sulfone groups is 1. The van der Waals surface area contributed by atoms with Gasteiger partial charge in [-0.15, -0.1) is 0 Å². The standard InChI is InChI=1S/C19H23FN2O6S/c1-3-22(15-7-8-29(25,26)11-15)18(23)12(2)27-19(24)17-10-16(21-28-17)13-5-4-6-14(20)9-13/h4-6,9,12,15,17H,3,7-8,10-11H2,1-2H3. The van der Waals surface area contributed by atoms with Crippen LogP contribution in [0.25, 0.3) is 0 Å². The number of likely N-dealkylation sites (N-methyl/N-ethyl adjacent to an activating group) is 1. The summed E-state index contributed by atoms with van der Waals surface area (Å²) in [5.41, 5.74) is 0.917. The van der Waals surface area contributed by atoms with Gasteiger partial charge in [0.2, 0.25) is 6.10 Å². The quantitative estimate of drug-likeness (QED) is 0.635. The Kier molecular flexibility index (Phi) is 6.21. The van der Waals surface area contributed by atoms with Crippen LogP contribution in [0.3, 0.4) is 0 Å². The molecule has 10 heteroatoms. The average Bonchev–Trinajstić information content (AvgIpc) is 3.29. The summed E-state index contributed by atoms with van der Waals surface area (Å²) in [6.07, 6.45) is -1.64. The fourth-order valence-electron chi connectivity index (χ4n) is 3.49. The molecule has 0 N–H and O–H groups in total. The number of halogens is 1. The first-order valence-electron chi connectivity index (χ1n) is 9.40. The number of hydrogen-bond acceptors (Lipinski definition) is 7. The van der Waals surface area contributed by atoms with Gasteiger partial charge >= 0.3 is 5.97 Å². The molecular weight excluding hydrogens is 403 g/mol. The normalized spacial score (nSPS) is 23.8. The van der Waals surface area contributed by atoms with Gasteiger partial charge in [0.05, 0.1) is 17.2 Å². The number of amides is 1. The second kappa shape index (κ2) is 8.48. The lowest BCUT2D eigenvalue weighted by Gasteiger charge is -2.29. The van der Waals surface area contributed by atoms with Crippen LogP contribution >= 0.6 is 0 Å². The summed E-state index contributed by atoms with van der Waals surface area (Å²) in [4.78, 5) is 31.6. The van der Waals surface area contributed by atoms with E-state index in [0.717, 1.165) is 0 Å². The number of esters is 1. The molecule has 29 heavy (non-hydrogen) atoms. The van der Waals surface area contributed by atoms with Crippen LogP contribution in [0.4, 0.5) is 4.39 Å². The largest absolute Gasteiger partial charge is 0.450 e. The molecule has 1 saturated heterocycles. The Bertz CT molecular complexity index is 932. The predicted octanol–water partition coefficient (Wildman–Crippen LogP) is 1.29. The number of benzene rings is 1. The molecule has 1 aromatic carbocycles. The third-order valence-corrected chi connectivity index (χ3v) is 6.75. The summed E-state index contributed by atoms with van der Waals surface area (Å²) in [6, 6.07) is 5.36. The summed E-state index contributed by atoms with van der Waals surface area (Å²) >= 11 is 0. The van der Waals surface area contributed by atoms with Crippen LogP contribution in [0.5, 0.6) is 0 Å². The molecule has 1 aromatic rings. The van der Waals surface area contributed by atoms with Crippen molar-refractivity contribution in [2.45, 2.75) is 44.9 Å². The Balaban J connectivity index is 1.57. The van der Waals surface area contributed by atoms with Crippen LogP contribution in [0.1, 0.15) is 32.3 Å². The second-order valence-corrected chi connectivity index (χ2v) is 9.34. The molecule has 3 rings (SSSR count). The SMILES string of the molecule is CCN(C(=O)C(C)OC(=O)C1CC(c2cccc(F)c2)=NO1)C1CCS(=O)(=O)C1. The number of rotatable bonds is 6. The third-order valence-electron chi connectivity index (χ3n) is 5.00. The summed E-state index contributed by atoms with van der Waals surface area (Å²) in [7, 11) is -3.15. The third kappa shape index (κ3) is 4.92. The van der Waals surface area contributed by atoms with E-state index in [1.807, 2.05) is 0 Å². The molecule has 158 valence electrons. The Morgan fingerprint density at radius 1 is 1.41 bits per heavy atom. The molecule has 0 bridgehead atoms. The number of carbonyl (C=O) groups excluding carboxylic acids is 2. The van der Waals surface area contributed by atoms with Crippen LogP contribution in [-0.2, 0) is 29.0 Å². The van der Waals surface area contributed by atoms with Gasteiger partial charge in [0, 0.05) is 24.6 Å². The van der Waals surface area contributed by atoms with E-state index in [-0.39, 0.29) is 17.9 Å². The van der Waals surface area contributed by atoms with Gasteiger partial charge < -0.3 is 14.5 Å². The predicted molar refractivity (Wildman–Crippen MR) is 102 cm³/mol. The molecule has 8 nitrogen and oxygen atoms in total. The zero-order valence-corrected chi connectivity index (χ0v) is 17.0. The fourth-order valence-corrected chi connectivity index (χ4v) is 5.22. The van der Waals surface area contributed by atoms with Crippen molar-refractivity contribution in [1.82, 2.24) is 4.90 Å². The lowest BCUT2D eigenvalue weighted by Crippen LogP contribution is -2.47. The Morgan fingerprint density at radius 3 is 2.79 bits per heavy atom. The summed E-state index contributed by atoms with van der Waals surface area (Å²) < 4.78 is 42.0. The Morgan fingerprint density at radius 2 is 2.17 bits per heavy atom. The molecule has 2 aliphatic heterocycles. The molecule has 0 spiro atoms. The maximum atomic E-state index is 13.4. The number of nitrogens with zero attached hydrogens (tertiary/aromatic N) is 2. The van der Waals surface area contributed by atoms with E-state index in [4.69, 9.17) is 9.57 Å². The van der Waals surface area contributed by atoms with Crippen LogP contribution in [0.15, 0.2) is 29.4 Å². The van der Waals surface area contributed by atoms with E-state index < -0.39 is 45.8 Å². The second-order valence-electron chi connectivity index (χ2n) is 7.11. The Hall–Kier alpha value is -2.49. The number of hydrogen-bond donors (Lipinski definition) is 0. The first kappa shape index (κ1) is 21.2. The minimum Gasteiger partial charge on any atom is -0.450 e. The van der Waals surface area contributed by atoms with Gasteiger partial charge in [-0.2, -0.15) is 0 Å². The molecule has 1 fully saturated rings. The lowest BCUT2D eigenvalue weighted by molar-refractivity contribution is -0.168. The van der Waals surface area contributed by atoms with Crippen molar-refractivity contribution in [1.29, 1.82) is 0 Å². The van der Waals surface area contributed by atoms with E-state index in [1.54, 1.807) is 13.0 Å². The van der Waals surface area contributed by atoms with Crippen molar-refractivity contribution in [3.8, 4) is 0 Å². The van der Waals surface area contributed by atoms with Crippen LogP contribution in [-0.4, -0.2) is 67.2 Å². The van der Waals surface area contributed by atoms with Gasteiger partial charge in [-0.05, 0) is 32.4 Å². The minimum atomic E-state index is -3.15. The number of oxime groups is 1. The zero-order valence-electron chi connectivity index (χ0n) is 16.2. The molecule has 0 aliphatic carbocycles. The minimum absolute atomic E-state index is 0.0473. The zero-order chi connectivity index (χ0) is 21.2. The van der Waals surface area contributed by atoms with Crippen LogP contribution in [0, 0.1) is 5.82 Å². The first-order chi connectivity index (χ1) is 13.7. The van der Waals surface area contributed by atoms with Gasteiger partial charge in [0.15, 0.2) is 15.9 Å². The topological polar surface area (TPSA) is 102 Å². The maximum absolute atomic E-state index is 13.4. The molecule has 3 atom stereocenters. The van der Waals surface area contributed by atoms with Gasteiger partial charge in [-0.25, -0.2) is 17.6 Å². The van der Waals surface area contributed by atoms with Crippen LogP contribution < -0.4 is 0 Å². The van der Waals surface area contributed by atoms with E-state index in [1.165, 1.54) is 30.0 Å². The maximum Gasteiger partial charge on any atom is 0.351 e. The Labute approximate surface area is 168 Å². The molecule has 2 heterocycles. The number of carbonyl (C=O) groups is 2. The van der Waals surface area contributed by atoms with Crippen molar-refractivity contribution in [2.24, 2.45) is 5.16 Å². The van der Waals surface area contributed by atoms with Crippen molar-refractivity contribution in [3.05, 3.63) is 35.6 Å². The van der Waals surface area contributed by atoms with Crippen molar-refractivity contribution < 1.29 is 32.0 Å². The van der Waals surface area contributed by atoms with Crippen molar-refractivity contribution >= 4 is 27.4 Å². The summed E-state index contributed by atoms with van der Waals surface area (Å²) in [5, 5.41) is 3.82. The lowest BCUT2D eigenvalue weighted by atomic mass is 10.1. The monoisotopic (exact) mass is 426 g/mol. The van der Waals surface area contributed by atoms with Gasteiger partial charge in [-0.1, -0.05) is 17.3 Å². The van der Waals surface area contributed by atoms with E-state index in [2.05, 4.69) is 5.16 Å². The highest BCUT2D eigenvalue weighted by Gasteiger charge is 2.38. The molecule has 0 saturated carbocycles.